The van der Waals surface area contributed by atoms with Crippen molar-refractivity contribution in [1.82, 2.24) is 9.97 Å². The van der Waals surface area contributed by atoms with Gasteiger partial charge in [-0.25, -0.2) is 9.97 Å². The monoisotopic (exact) mass is 362 g/mol. The number of carbonyl (C=O) groups is 1. The fourth-order valence-electron chi connectivity index (χ4n) is 1.96. The summed E-state index contributed by atoms with van der Waals surface area (Å²) in [5, 5.41) is 6.40. The summed E-state index contributed by atoms with van der Waals surface area (Å²) in [4.78, 5) is 20.4. The predicted molar refractivity (Wildman–Crippen MR) is 92.5 cm³/mol. The second-order valence-corrected chi connectivity index (χ2v) is 5.59. The standard InChI is InChI=1S/C16H12Cl2N4O2/c17-11-4-1-5-12(18)15(11)22-16(23)13-7-14(21-9-20-13)19-8-10-3-2-6-24-10/h1-7,9H,8H2,(H,22,23)(H,19,20,21). The van der Waals surface area contributed by atoms with E-state index in [2.05, 4.69) is 20.6 Å². The third kappa shape index (κ3) is 3.84. The number of benzene rings is 1. The fourth-order valence-corrected chi connectivity index (χ4v) is 2.46. The largest absolute Gasteiger partial charge is 0.467 e. The molecule has 0 aliphatic carbocycles. The summed E-state index contributed by atoms with van der Waals surface area (Å²) in [6, 6.07) is 10.1. The van der Waals surface area contributed by atoms with Crippen LogP contribution in [-0.2, 0) is 6.54 Å². The quantitative estimate of drug-likeness (QED) is 0.709. The molecule has 0 aliphatic heterocycles. The van der Waals surface area contributed by atoms with Gasteiger partial charge in [-0.15, -0.1) is 0 Å². The van der Waals surface area contributed by atoms with E-state index in [-0.39, 0.29) is 5.69 Å². The minimum absolute atomic E-state index is 0.183. The van der Waals surface area contributed by atoms with Crippen LogP contribution in [0.15, 0.2) is 53.4 Å². The first kappa shape index (κ1) is 16.3. The Morgan fingerprint density at radius 3 is 2.62 bits per heavy atom. The number of halogens is 2. The predicted octanol–water partition coefficient (Wildman–Crippen LogP) is 4.24. The van der Waals surface area contributed by atoms with E-state index in [0.717, 1.165) is 5.76 Å². The highest BCUT2D eigenvalue weighted by atomic mass is 35.5. The smallest absolute Gasteiger partial charge is 0.274 e. The molecule has 24 heavy (non-hydrogen) atoms. The van der Waals surface area contributed by atoms with Gasteiger partial charge < -0.3 is 15.1 Å². The average molecular weight is 363 g/mol. The van der Waals surface area contributed by atoms with Gasteiger partial charge in [0.25, 0.3) is 5.91 Å². The van der Waals surface area contributed by atoms with Gasteiger partial charge in [0.15, 0.2) is 0 Å². The number of amides is 1. The number of furan rings is 1. The lowest BCUT2D eigenvalue weighted by Crippen LogP contribution is -2.15. The van der Waals surface area contributed by atoms with Crippen molar-refractivity contribution in [3.05, 3.63) is 70.5 Å². The van der Waals surface area contributed by atoms with Gasteiger partial charge in [-0.2, -0.15) is 0 Å². The summed E-state index contributed by atoms with van der Waals surface area (Å²) in [5.74, 6) is 0.813. The summed E-state index contributed by atoms with van der Waals surface area (Å²) in [5.41, 5.74) is 0.525. The van der Waals surface area contributed by atoms with Crippen molar-refractivity contribution in [2.75, 3.05) is 10.6 Å². The molecule has 122 valence electrons. The van der Waals surface area contributed by atoms with Gasteiger partial charge in [-0.05, 0) is 24.3 Å². The fraction of sp³-hybridized carbons (Fsp3) is 0.0625. The lowest BCUT2D eigenvalue weighted by Gasteiger charge is -2.09. The summed E-state index contributed by atoms with van der Waals surface area (Å²) < 4.78 is 5.22. The molecular formula is C16H12Cl2N4O2. The minimum atomic E-state index is -0.437. The van der Waals surface area contributed by atoms with Crippen molar-refractivity contribution in [1.29, 1.82) is 0 Å². The van der Waals surface area contributed by atoms with E-state index in [1.54, 1.807) is 30.5 Å². The van der Waals surface area contributed by atoms with Crippen molar-refractivity contribution in [2.45, 2.75) is 6.54 Å². The molecule has 0 bridgehead atoms. The number of aromatic nitrogens is 2. The number of hydrogen-bond donors (Lipinski definition) is 2. The molecule has 0 aliphatic rings. The molecule has 0 atom stereocenters. The van der Waals surface area contributed by atoms with Crippen LogP contribution in [0.25, 0.3) is 0 Å². The SMILES string of the molecule is O=C(Nc1c(Cl)cccc1Cl)c1cc(NCc2ccco2)ncn1. The van der Waals surface area contributed by atoms with E-state index in [0.29, 0.717) is 28.1 Å². The molecule has 0 radical (unpaired) electrons. The van der Waals surface area contributed by atoms with Crippen molar-refractivity contribution in [3.8, 4) is 0 Å². The van der Waals surface area contributed by atoms with E-state index in [9.17, 15) is 4.79 Å². The van der Waals surface area contributed by atoms with E-state index in [1.807, 2.05) is 6.07 Å². The molecule has 0 fully saturated rings. The Morgan fingerprint density at radius 2 is 1.92 bits per heavy atom. The van der Waals surface area contributed by atoms with Gasteiger partial charge in [-0.1, -0.05) is 29.3 Å². The normalized spacial score (nSPS) is 10.4. The Hall–Kier alpha value is -2.57. The molecule has 1 amide bonds. The first-order valence-electron chi connectivity index (χ1n) is 6.97. The van der Waals surface area contributed by atoms with Crippen molar-refractivity contribution in [2.24, 2.45) is 0 Å². The molecule has 2 N–H and O–H groups in total. The topological polar surface area (TPSA) is 80.0 Å². The van der Waals surface area contributed by atoms with Gasteiger partial charge >= 0.3 is 0 Å². The van der Waals surface area contributed by atoms with Gasteiger partial charge in [-0.3, -0.25) is 4.79 Å². The summed E-state index contributed by atoms with van der Waals surface area (Å²) in [7, 11) is 0. The minimum Gasteiger partial charge on any atom is -0.467 e. The number of hydrogen-bond acceptors (Lipinski definition) is 5. The van der Waals surface area contributed by atoms with Crippen LogP contribution in [0.4, 0.5) is 11.5 Å². The van der Waals surface area contributed by atoms with Crippen LogP contribution >= 0.6 is 23.2 Å². The number of para-hydroxylation sites is 1. The number of anilines is 2. The molecule has 2 heterocycles. The Balaban J connectivity index is 1.72. The van der Waals surface area contributed by atoms with E-state index < -0.39 is 5.91 Å². The average Bonchev–Trinajstić information content (AvgIpc) is 3.10. The zero-order valence-electron chi connectivity index (χ0n) is 12.3. The van der Waals surface area contributed by atoms with Gasteiger partial charge in [0, 0.05) is 6.07 Å². The number of nitrogens with one attached hydrogen (secondary N) is 2. The molecule has 0 spiro atoms. The van der Waals surface area contributed by atoms with Gasteiger partial charge in [0.1, 0.15) is 23.6 Å². The van der Waals surface area contributed by atoms with Crippen LogP contribution in [0.3, 0.4) is 0 Å². The Morgan fingerprint density at radius 1 is 1.12 bits per heavy atom. The molecule has 3 aromatic rings. The second-order valence-electron chi connectivity index (χ2n) is 4.77. The van der Waals surface area contributed by atoms with Gasteiger partial charge in [0.05, 0.1) is 28.5 Å². The second kappa shape index (κ2) is 7.33. The molecule has 6 nitrogen and oxygen atoms in total. The van der Waals surface area contributed by atoms with Crippen LogP contribution in [0, 0.1) is 0 Å². The van der Waals surface area contributed by atoms with Gasteiger partial charge in [0.2, 0.25) is 0 Å². The highest BCUT2D eigenvalue weighted by Crippen LogP contribution is 2.30. The molecular weight excluding hydrogens is 351 g/mol. The maximum absolute atomic E-state index is 12.3. The van der Waals surface area contributed by atoms with Crippen LogP contribution in [-0.4, -0.2) is 15.9 Å². The number of carbonyl (C=O) groups excluding carboxylic acids is 1. The van der Waals surface area contributed by atoms with Crippen LogP contribution in [0.2, 0.25) is 10.0 Å². The summed E-state index contributed by atoms with van der Waals surface area (Å²) in [6.07, 6.45) is 2.89. The Kier molecular flexibility index (Phi) is 4.98. The number of nitrogens with zero attached hydrogens (tertiary/aromatic N) is 2. The summed E-state index contributed by atoms with van der Waals surface area (Å²) in [6.45, 7) is 0.446. The Labute approximate surface area is 147 Å². The zero-order chi connectivity index (χ0) is 16.9. The zero-order valence-corrected chi connectivity index (χ0v) is 13.8. The van der Waals surface area contributed by atoms with E-state index in [4.69, 9.17) is 27.6 Å². The number of rotatable bonds is 5. The molecule has 0 saturated carbocycles. The Bertz CT molecular complexity index is 833. The molecule has 1 aromatic carbocycles. The third-order valence-corrected chi connectivity index (χ3v) is 3.75. The lowest BCUT2D eigenvalue weighted by molar-refractivity contribution is 0.102. The summed E-state index contributed by atoms with van der Waals surface area (Å²) >= 11 is 12.1. The van der Waals surface area contributed by atoms with E-state index in [1.165, 1.54) is 12.4 Å². The lowest BCUT2D eigenvalue weighted by atomic mass is 10.3. The van der Waals surface area contributed by atoms with E-state index >= 15 is 0 Å². The van der Waals surface area contributed by atoms with Crippen molar-refractivity contribution < 1.29 is 9.21 Å². The highest BCUT2D eigenvalue weighted by molar-refractivity contribution is 6.40. The molecule has 0 saturated heterocycles. The maximum Gasteiger partial charge on any atom is 0.274 e. The van der Waals surface area contributed by atoms with Crippen LogP contribution < -0.4 is 10.6 Å². The first-order chi connectivity index (χ1) is 11.6. The van der Waals surface area contributed by atoms with Crippen molar-refractivity contribution in [3.63, 3.8) is 0 Å². The highest BCUT2D eigenvalue weighted by Gasteiger charge is 2.13. The maximum atomic E-state index is 12.3. The van der Waals surface area contributed by atoms with Crippen LogP contribution in [0.1, 0.15) is 16.2 Å². The molecule has 0 unspecified atom stereocenters. The van der Waals surface area contributed by atoms with Crippen LogP contribution in [0.5, 0.6) is 0 Å². The van der Waals surface area contributed by atoms with Crippen molar-refractivity contribution >= 4 is 40.6 Å². The first-order valence-corrected chi connectivity index (χ1v) is 7.73. The molecule has 8 heteroatoms. The molecule has 3 rings (SSSR count). The third-order valence-electron chi connectivity index (χ3n) is 3.12. The molecule has 2 aromatic heterocycles.